The molecule has 1 N–H and O–H groups in total. The van der Waals surface area contributed by atoms with Gasteiger partial charge in [-0.1, -0.05) is 18.5 Å². The Labute approximate surface area is 116 Å². The molecule has 0 unspecified atom stereocenters. The fourth-order valence-electron chi connectivity index (χ4n) is 1.77. The maximum Gasteiger partial charge on any atom is 0.199 e. The van der Waals surface area contributed by atoms with Gasteiger partial charge >= 0.3 is 0 Å². The SMILES string of the molecule is CCCc1n[nH]c(=S)n1-c1ccc(Cl)c(OC)c1. The van der Waals surface area contributed by atoms with Gasteiger partial charge in [-0.2, -0.15) is 5.10 Å². The van der Waals surface area contributed by atoms with Crippen molar-refractivity contribution in [2.24, 2.45) is 0 Å². The first-order valence-corrected chi connectivity index (χ1v) is 6.46. The van der Waals surface area contributed by atoms with Crippen LogP contribution in [0.5, 0.6) is 5.75 Å². The van der Waals surface area contributed by atoms with Crippen LogP contribution >= 0.6 is 23.8 Å². The van der Waals surface area contributed by atoms with Gasteiger partial charge in [0.15, 0.2) is 4.77 Å². The Hall–Kier alpha value is -1.33. The Morgan fingerprint density at radius 3 is 2.94 bits per heavy atom. The summed E-state index contributed by atoms with van der Waals surface area (Å²) in [6.07, 6.45) is 1.86. The zero-order chi connectivity index (χ0) is 13.1. The number of aryl methyl sites for hydroxylation is 1. The minimum absolute atomic E-state index is 0.572. The molecule has 0 amide bonds. The van der Waals surface area contributed by atoms with Crippen molar-refractivity contribution in [2.75, 3.05) is 7.11 Å². The number of H-pyrrole nitrogens is 1. The molecule has 0 aliphatic heterocycles. The maximum atomic E-state index is 6.01. The largest absolute Gasteiger partial charge is 0.495 e. The van der Waals surface area contributed by atoms with E-state index in [1.165, 1.54) is 0 Å². The molecule has 6 heteroatoms. The number of halogens is 1. The highest BCUT2D eigenvalue weighted by atomic mass is 35.5. The van der Waals surface area contributed by atoms with E-state index in [4.69, 9.17) is 28.6 Å². The topological polar surface area (TPSA) is 42.8 Å². The van der Waals surface area contributed by atoms with E-state index < -0.39 is 0 Å². The Balaban J connectivity index is 2.54. The summed E-state index contributed by atoms with van der Waals surface area (Å²) in [5.41, 5.74) is 0.901. The van der Waals surface area contributed by atoms with Crippen LogP contribution in [0.1, 0.15) is 19.2 Å². The Morgan fingerprint density at radius 2 is 2.28 bits per heavy atom. The second-order valence-electron chi connectivity index (χ2n) is 3.85. The average molecular weight is 284 g/mol. The van der Waals surface area contributed by atoms with Crippen molar-refractivity contribution in [1.82, 2.24) is 14.8 Å². The van der Waals surface area contributed by atoms with Gasteiger partial charge in [0.25, 0.3) is 0 Å². The fraction of sp³-hybridized carbons (Fsp3) is 0.333. The molecule has 0 bridgehead atoms. The lowest BCUT2D eigenvalue weighted by molar-refractivity contribution is 0.415. The summed E-state index contributed by atoms with van der Waals surface area (Å²) in [6, 6.07) is 5.54. The van der Waals surface area contributed by atoms with Crippen molar-refractivity contribution in [2.45, 2.75) is 19.8 Å². The number of methoxy groups -OCH3 is 1. The normalized spacial score (nSPS) is 10.6. The number of nitrogens with zero attached hydrogens (tertiary/aromatic N) is 2. The van der Waals surface area contributed by atoms with Gasteiger partial charge in [-0.15, -0.1) is 0 Å². The fourth-order valence-corrected chi connectivity index (χ4v) is 2.23. The van der Waals surface area contributed by atoms with Crippen LogP contribution in [-0.2, 0) is 6.42 Å². The molecule has 4 nitrogen and oxygen atoms in total. The molecule has 96 valence electrons. The quantitative estimate of drug-likeness (QED) is 0.873. The van der Waals surface area contributed by atoms with E-state index in [9.17, 15) is 0 Å². The van der Waals surface area contributed by atoms with Crippen molar-refractivity contribution < 1.29 is 4.74 Å². The van der Waals surface area contributed by atoms with Gasteiger partial charge in [0.1, 0.15) is 11.6 Å². The summed E-state index contributed by atoms with van der Waals surface area (Å²) >= 11 is 11.3. The summed E-state index contributed by atoms with van der Waals surface area (Å²) in [5, 5.41) is 7.62. The Kier molecular flexibility index (Phi) is 4.04. The molecule has 2 aromatic rings. The monoisotopic (exact) mass is 283 g/mol. The Morgan fingerprint density at radius 1 is 1.50 bits per heavy atom. The molecule has 0 spiro atoms. The van der Waals surface area contributed by atoms with Crippen LogP contribution in [-0.4, -0.2) is 21.9 Å². The maximum absolute atomic E-state index is 6.01. The van der Waals surface area contributed by atoms with E-state index in [-0.39, 0.29) is 0 Å². The van der Waals surface area contributed by atoms with Crippen LogP contribution in [0.4, 0.5) is 0 Å². The van der Waals surface area contributed by atoms with Crippen LogP contribution in [0.25, 0.3) is 5.69 Å². The molecule has 18 heavy (non-hydrogen) atoms. The highest BCUT2D eigenvalue weighted by Crippen LogP contribution is 2.27. The molecule has 0 radical (unpaired) electrons. The van der Waals surface area contributed by atoms with Crippen molar-refractivity contribution in [3.8, 4) is 11.4 Å². The first-order valence-electron chi connectivity index (χ1n) is 5.67. The predicted molar refractivity (Wildman–Crippen MR) is 74.3 cm³/mol. The van der Waals surface area contributed by atoms with Crippen LogP contribution in [0, 0.1) is 4.77 Å². The van der Waals surface area contributed by atoms with E-state index in [0.717, 1.165) is 24.4 Å². The molecule has 0 atom stereocenters. The number of aromatic nitrogens is 3. The van der Waals surface area contributed by atoms with Gasteiger partial charge in [-0.3, -0.25) is 9.67 Å². The van der Waals surface area contributed by atoms with Crippen LogP contribution in [0.2, 0.25) is 5.02 Å². The first kappa shape index (κ1) is 13.1. The standard InChI is InChI=1S/C12H14ClN3OS/c1-3-4-11-14-15-12(18)16(11)8-5-6-9(13)10(7-8)17-2/h5-7H,3-4H2,1-2H3,(H,15,18). The van der Waals surface area contributed by atoms with Crippen LogP contribution in [0.3, 0.4) is 0 Å². The smallest absolute Gasteiger partial charge is 0.199 e. The van der Waals surface area contributed by atoms with E-state index in [1.807, 2.05) is 16.7 Å². The summed E-state index contributed by atoms with van der Waals surface area (Å²) in [4.78, 5) is 0. The third-order valence-electron chi connectivity index (χ3n) is 2.61. The Bertz CT molecular complexity index is 606. The lowest BCUT2D eigenvalue weighted by Gasteiger charge is -2.09. The minimum Gasteiger partial charge on any atom is -0.495 e. The first-order chi connectivity index (χ1) is 8.67. The van der Waals surface area contributed by atoms with Gasteiger partial charge in [0.05, 0.1) is 17.8 Å². The van der Waals surface area contributed by atoms with Gasteiger partial charge in [-0.05, 0) is 30.8 Å². The van der Waals surface area contributed by atoms with E-state index in [0.29, 0.717) is 15.5 Å². The number of hydrogen-bond acceptors (Lipinski definition) is 3. The highest BCUT2D eigenvalue weighted by molar-refractivity contribution is 7.71. The summed E-state index contributed by atoms with van der Waals surface area (Å²) in [5.74, 6) is 1.53. The summed E-state index contributed by atoms with van der Waals surface area (Å²) in [7, 11) is 1.59. The number of ether oxygens (including phenoxy) is 1. The van der Waals surface area contributed by atoms with Gasteiger partial charge in [-0.25, -0.2) is 0 Å². The van der Waals surface area contributed by atoms with Crippen molar-refractivity contribution in [3.05, 3.63) is 33.8 Å². The molecule has 1 aromatic carbocycles. The second kappa shape index (κ2) is 5.54. The average Bonchev–Trinajstić information content (AvgIpc) is 2.72. The molecule has 0 aliphatic carbocycles. The van der Waals surface area contributed by atoms with Crippen LogP contribution in [0.15, 0.2) is 18.2 Å². The minimum atomic E-state index is 0.572. The molecular weight excluding hydrogens is 270 g/mol. The molecule has 1 aromatic heterocycles. The molecular formula is C12H14ClN3OS. The number of aromatic amines is 1. The zero-order valence-electron chi connectivity index (χ0n) is 10.2. The van der Waals surface area contributed by atoms with Gasteiger partial charge < -0.3 is 4.74 Å². The molecule has 0 aliphatic rings. The lowest BCUT2D eigenvalue weighted by atomic mass is 10.2. The van der Waals surface area contributed by atoms with E-state index in [2.05, 4.69) is 17.1 Å². The summed E-state index contributed by atoms with van der Waals surface area (Å²) in [6.45, 7) is 2.10. The van der Waals surface area contributed by atoms with E-state index >= 15 is 0 Å². The predicted octanol–water partition coefficient (Wildman–Crippen LogP) is 3.54. The molecule has 0 saturated heterocycles. The molecule has 2 rings (SSSR count). The molecule has 0 fully saturated rings. The number of benzene rings is 1. The summed E-state index contributed by atoms with van der Waals surface area (Å²) < 4.78 is 7.69. The van der Waals surface area contributed by atoms with Gasteiger partial charge in [0.2, 0.25) is 0 Å². The van der Waals surface area contributed by atoms with Gasteiger partial charge in [0, 0.05) is 12.5 Å². The third-order valence-corrected chi connectivity index (χ3v) is 3.19. The molecule has 0 saturated carbocycles. The van der Waals surface area contributed by atoms with E-state index in [1.54, 1.807) is 13.2 Å². The van der Waals surface area contributed by atoms with Crippen molar-refractivity contribution in [1.29, 1.82) is 0 Å². The zero-order valence-corrected chi connectivity index (χ0v) is 11.8. The third kappa shape index (κ3) is 2.42. The number of rotatable bonds is 4. The van der Waals surface area contributed by atoms with Crippen molar-refractivity contribution in [3.63, 3.8) is 0 Å². The second-order valence-corrected chi connectivity index (χ2v) is 4.64. The molecule has 1 heterocycles. The number of nitrogens with one attached hydrogen (secondary N) is 1. The van der Waals surface area contributed by atoms with Crippen molar-refractivity contribution >= 4 is 23.8 Å². The van der Waals surface area contributed by atoms with Crippen LogP contribution < -0.4 is 4.74 Å². The highest BCUT2D eigenvalue weighted by Gasteiger charge is 2.09. The number of hydrogen-bond donors (Lipinski definition) is 1. The lowest BCUT2D eigenvalue weighted by Crippen LogP contribution is -2.01.